The van der Waals surface area contributed by atoms with E-state index < -0.39 is 0 Å². The summed E-state index contributed by atoms with van der Waals surface area (Å²) in [6, 6.07) is 1.76. The van der Waals surface area contributed by atoms with Gasteiger partial charge in [0.25, 0.3) is 5.91 Å². The first-order valence-corrected chi connectivity index (χ1v) is 7.21. The third-order valence-corrected chi connectivity index (χ3v) is 3.36. The molecule has 1 fully saturated rings. The predicted molar refractivity (Wildman–Crippen MR) is 74.9 cm³/mol. The van der Waals surface area contributed by atoms with Crippen molar-refractivity contribution in [1.82, 2.24) is 5.32 Å². The largest absolute Gasteiger partial charge is 0.466 e. The highest BCUT2D eigenvalue weighted by Crippen LogP contribution is 2.13. The lowest BCUT2D eigenvalue weighted by Gasteiger charge is -2.10. The molecule has 0 saturated carbocycles. The van der Waals surface area contributed by atoms with Crippen LogP contribution < -0.4 is 5.32 Å². The fourth-order valence-electron chi connectivity index (χ4n) is 2.32. The highest BCUT2D eigenvalue weighted by molar-refractivity contribution is 5.95. The summed E-state index contributed by atoms with van der Waals surface area (Å²) in [6.07, 6.45) is 3.29. The molecule has 2 rings (SSSR count). The second-order valence-corrected chi connectivity index (χ2v) is 5.15. The molecular formula is C15H23NO4. The van der Waals surface area contributed by atoms with Gasteiger partial charge >= 0.3 is 0 Å². The standard InChI is InChI=1S/C15H23NO4/c1-11-9-14(12(2)20-11)15(17)16-6-4-7-18-10-13-5-3-8-19-13/h9,13H,3-8,10H2,1-2H3,(H,16,17). The molecule has 0 spiro atoms. The molecule has 1 aromatic rings. The van der Waals surface area contributed by atoms with Crippen molar-refractivity contribution in [3.05, 3.63) is 23.2 Å². The van der Waals surface area contributed by atoms with E-state index in [2.05, 4.69) is 5.32 Å². The quantitative estimate of drug-likeness (QED) is 0.778. The Morgan fingerprint density at radius 2 is 2.35 bits per heavy atom. The normalized spacial score (nSPS) is 18.4. The Kier molecular flexibility index (Phi) is 5.61. The van der Waals surface area contributed by atoms with E-state index in [1.807, 2.05) is 6.92 Å². The Morgan fingerprint density at radius 1 is 1.50 bits per heavy atom. The number of hydrogen-bond acceptors (Lipinski definition) is 4. The molecule has 5 nitrogen and oxygen atoms in total. The molecule has 2 heterocycles. The molecule has 1 aliphatic rings. The number of nitrogens with one attached hydrogen (secondary N) is 1. The van der Waals surface area contributed by atoms with Crippen molar-refractivity contribution in [2.45, 2.75) is 39.2 Å². The van der Waals surface area contributed by atoms with Crippen LogP contribution in [0.4, 0.5) is 0 Å². The van der Waals surface area contributed by atoms with E-state index in [1.165, 1.54) is 0 Å². The number of amides is 1. The van der Waals surface area contributed by atoms with E-state index >= 15 is 0 Å². The van der Waals surface area contributed by atoms with Crippen LogP contribution in [-0.2, 0) is 9.47 Å². The topological polar surface area (TPSA) is 60.7 Å². The lowest BCUT2D eigenvalue weighted by atomic mass is 10.2. The zero-order valence-corrected chi connectivity index (χ0v) is 12.2. The maximum atomic E-state index is 11.9. The van der Waals surface area contributed by atoms with Gasteiger partial charge in [0, 0.05) is 19.8 Å². The van der Waals surface area contributed by atoms with Gasteiger partial charge in [0.1, 0.15) is 11.5 Å². The second-order valence-electron chi connectivity index (χ2n) is 5.15. The molecule has 1 aliphatic heterocycles. The van der Waals surface area contributed by atoms with Crippen molar-refractivity contribution in [3.8, 4) is 0 Å². The van der Waals surface area contributed by atoms with Crippen LogP contribution >= 0.6 is 0 Å². The molecule has 1 N–H and O–H groups in total. The summed E-state index contributed by atoms with van der Waals surface area (Å²) in [4.78, 5) is 11.9. The molecule has 0 bridgehead atoms. The fourth-order valence-corrected chi connectivity index (χ4v) is 2.32. The molecule has 112 valence electrons. The first kappa shape index (κ1) is 15.1. The Bertz CT molecular complexity index is 435. The summed E-state index contributed by atoms with van der Waals surface area (Å²) < 4.78 is 16.3. The van der Waals surface area contributed by atoms with Crippen LogP contribution in [0.3, 0.4) is 0 Å². The summed E-state index contributed by atoms with van der Waals surface area (Å²) in [5.41, 5.74) is 0.614. The van der Waals surface area contributed by atoms with Crippen LogP contribution in [0.5, 0.6) is 0 Å². The minimum Gasteiger partial charge on any atom is -0.466 e. The van der Waals surface area contributed by atoms with Crippen molar-refractivity contribution >= 4 is 5.91 Å². The molecule has 0 radical (unpaired) electrons. The molecular weight excluding hydrogens is 258 g/mol. The molecule has 1 amide bonds. The van der Waals surface area contributed by atoms with E-state index in [-0.39, 0.29) is 12.0 Å². The molecule has 0 aliphatic carbocycles. The van der Waals surface area contributed by atoms with Gasteiger partial charge in [0.15, 0.2) is 0 Å². The van der Waals surface area contributed by atoms with Crippen LogP contribution in [-0.4, -0.2) is 38.4 Å². The number of rotatable bonds is 7. The van der Waals surface area contributed by atoms with Gasteiger partial charge < -0.3 is 19.2 Å². The Balaban J connectivity index is 1.56. The van der Waals surface area contributed by atoms with E-state index in [1.54, 1.807) is 13.0 Å². The first-order chi connectivity index (χ1) is 9.66. The van der Waals surface area contributed by atoms with Gasteiger partial charge in [-0.05, 0) is 39.2 Å². The van der Waals surface area contributed by atoms with E-state index in [0.29, 0.717) is 31.1 Å². The molecule has 1 saturated heterocycles. The summed E-state index contributed by atoms with van der Waals surface area (Å²) in [7, 11) is 0. The van der Waals surface area contributed by atoms with Gasteiger partial charge in [0.05, 0.1) is 18.3 Å². The number of carbonyl (C=O) groups is 1. The maximum Gasteiger partial charge on any atom is 0.254 e. The van der Waals surface area contributed by atoms with Gasteiger partial charge in [-0.25, -0.2) is 0 Å². The third-order valence-electron chi connectivity index (χ3n) is 3.36. The molecule has 0 aromatic carbocycles. The minimum atomic E-state index is -0.0847. The second kappa shape index (κ2) is 7.45. The molecule has 5 heteroatoms. The molecule has 1 aromatic heterocycles. The minimum absolute atomic E-state index is 0.0847. The van der Waals surface area contributed by atoms with Crippen LogP contribution in [0, 0.1) is 13.8 Å². The fraction of sp³-hybridized carbons (Fsp3) is 0.667. The average Bonchev–Trinajstić information content (AvgIpc) is 3.03. The third kappa shape index (κ3) is 4.35. The predicted octanol–water partition coefficient (Wildman–Crippen LogP) is 2.21. The van der Waals surface area contributed by atoms with Crippen LogP contribution in [0.25, 0.3) is 0 Å². The molecule has 1 atom stereocenters. The van der Waals surface area contributed by atoms with Crippen LogP contribution in [0.2, 0.25) is 0 Å². The van der Waals surface area contributed by atoms with E-state index in [9.17, 15) is 4.79 Å². The van der Waals surface area contributed by atoms with Crippen molar-refractivity contribution < 1.29 is 18.7 Å². The SMILES string of the molecule is Cc1cc(C(=O)NCCCOCC2CCCO2)c(C)o1. The molecule has 20 heavy (non-hydrogen) atoms. The van der Waals surface area contributed by atoms with Gasteiger partial charge in [-0.3, -0.25) is 4.79 Å². The summed E-state index contributed by atoms with van der Waals surface area (Å²) >= 11 is 0. The first-order valence-electron chi connectivity index (χ1n) is 7.21. The monoisotopic (exact) mass is 281 g/mol. The number of carbonyl (C=O) groups excluding carboxylic acids is 1. The van der Waals surface area contributed by atoms with Crippen molar-refractivity contribution in [2.75, 3.05) is 26.4 Å². The zero-order valence-electron chi connectivity index (χ0n) is 12.2. The summed E-state index contributed by atoms with van der Waals surface area (Å²) in [5, 5.41) is 2.87. The maximum absolute atomic E-state index is 11.9. The van der Waals surface area contributed by atoms with Gasteiger partial charge in [0.2, 0.25) is 0 Å². The van der Waals surface area contributed by atoms with E-state index in [0.717, 1.165) is 31.6 Å². The smallest absolute Gasteiger partial charge is 0.254 e. The number of aryl methyl sites for hydroxylation is 2. The summed E-state index contributed by atoms with van der Waals surface area (Å²) in [5.74, 6) is 1.33. The average molecular weight is 281 g/mol. The highest BCUT2D eigenvalue weighted by Gasteiger charge is 2.15. The number of hydrogen-bond donors (Lipinski definition) is 1. The van der Waals surface area contributed by atoms with E-state index in [4.69, 9.17) is 13.9 Å². The van der Waals surface area contributed by atoms with Crippen molar-refractivity contribution in [2.24, 2.45) is 0 Å². The van der Waals surface area contributed by atoms with Gasteiger partial charge in [-0.15, -0.1) is 0 Å². The zero-order chi connectivity index (χ0) is 14.4. The van der Waals surface area contributed by atoms with Crippen LogP contribution in [0.15, 0.2) is 10.5 Å². The van der Waals surface area contributed by atoms with Crippen molar-refractivity contribution in [1.29, 1.82) is 0 Å². The lowest BCUT2D eigenvalue weighted by Crippen LogP contribution is -2.25. The molecule has 1 unspecified atom stereocenters. The Morgan fingerprint density at radius 3 is 3.00 bits per heavy atom. The Labute approximate surface area is 119 Å². The van der Waals surface area contributed by atoms with Gasteiger partial charge in [-0.1, -0.05) is 0 Å². The Hall–Kier alpha value is -1.33. The number of ether oxygens (including phenoxy) is 2. The number of furan rings is 1. The highest BCUT2D eigenvalue weighted by atomic mass is 16.5. The summed E-state index contributed by atoms with van der Waals surface area (Å²) in [6.45, 7) is 6.40. The van der Waals surface area contributed by atoms with Crippen molar-refractivity contribution in [3.63, 3.8) is 0 Å². The van der Waals surface area contributed by atoms with Crippen LogP contribution in [0.1, 0.15) is 41.1 Å². The van der Waals surface area contributed by atoms with Gasteiger partial charge in [-0.2, -0.15) is 0 Å². The lowest BCUT2D eigenvalue weighted by molar-refractivity contribution is 0.0166.